The van der Waals surface area contributed by atoms with Gasteiger partial charge in [0, 0.05) is 6.04 Å². The largest absolute Gasteiger partial charge is 0.508 e. The van der Waals surface area contributed by atoms with Crippen molar-refractivity contribution in [2.75, 3.05) is 0 Å². The minimum absolute atomic E-state index is 0.0796. The number of benzene rings is 1. The molecule has 1 aromatic carbocycles. The third kappa shape index (κ3) is 3.51. The molecule has 4 nitrogen and oxygen atoms in total. The number of hydrogen-bond acceptors (Lipinski definition) is 3. The summed E-state index contributed by atoms with van der Waals surface area (Å²) in [5, 5.41) is 12.3. The Labute approximate surface area is 120 Å². The van der Waals surface area contributed by atoms with Gasteiger partial charge < -0.3 is 16.2 Å². The molecule has 4 atom stereocenters. The third-order valence-electron chi connectivity index (χ3n) is 4.52. The summed E-state index contributed by atoms with van der Waals surface area (Å²) in [5.41, 5.74) is 6.93. The molecule has 0 aliphatic heterocycles. The van der Waals surface area contributed by atoms with E-state index in [2.05, 4.69) is 19.2 Å². The van der Waals surface area contributed by atoms with Crippen LogP contribution in [0.2, 0.25) is 0 Å². The first kappa shape index (κ1) is 14.9. The molecular formula is C16H24N2O2. The molecule has 0 bridgehead atoms. The normalized spacial score (nSPS) is 27.2. The van der Waals surface area contributed by atoms with E-state index in [9.17, 15) is 9.90 Å². The zero-order valence-electron chi connectivity index (χ0n) is 12.2. The number of rotatable bonds is 4. The van der Waals surface area contributed by atoms with Gasteiger partial charge in [0.1, 0.15) is 5.75 Å². The van der Waals surface area contributed by atoms with Crippen molar-refractivity contribution < 1.29 is 9.90 Å². The first-order valence-corrected chi connectivity index (χ1v) is 7.31. The van der Waals surface area contributed by atoms with Crippen LogP contribution < -0.4 is 11.1 Å². The van der Waals surface area contributed by atoms with E-state index in [1.807, 2.05) is 0 Å². The lowest BCUT2D eigenvalue weighted by molar-refractivity contribution is -0.123. The maximum absolute atomic E-state index is 12.1. The van der Waals surface area contributed by atoms with Gasteiger partial charge in [-0.25, -0.2) is 0 Å². The molecule has 0 spiro atoms. The summed E-state index contributed by atoms with van der Waals surface area (Å²) in [5.74, 6) is 1.32. The molecule has 0 radical (unpaired) electrons. The molecule has 1 saturated carbocycles. The molecule has 0 heterocycles. The Bertz CT molecular complexity index is 458. The lowest BCUT2D eigenvalue weighted by atomic mass is 9.97. The fraction of sp³-hybridized carbons (Fsp3) is 0.562. The average Bonchev–Trinajstić information content (AvgIpc) is 2.73. The van der Waals surface area contributed by atoms with E-state index < -0.39 is 6.04 Å². The zero-order valence-corrected chi connectivity index (χ0v) is 12.2. The minimum atomic E-state index is -0.539. The summed E-state index contributed by atoms with van der Waals surface area (Å²) >= 11 is 0. The van der Waals surface area contributed by atoms with Crippen LogP contribution in [0.1, 0.15) is 32.3 Å². The van der Waals surface area contributed by atoms with Gasteiger partial charge in [-0.3, -0.25) is 4.79 Å². The fourth-order valence-corrected chi connectivity index (χ4v) is 2.84. The van der Waals surface area contributed by atoms with Crippen molar-refractivity contribution in [2.24, 2.45) is 17.6 Å². The Hall–Kier alpha value is -1.55. The molecule has 0 aromatic heterocycles. The number of nitrogens with two attached hydrogens (primary N) is 1. The van der Waals surface area contributed by atoms with E-state index in [0.717, 1.165) is 12.0 Å². The molecular weight excluding hydrogens is 252 g/mol. The van der Waals surface area contributed by atoms with Crippen molar-refractivity contribution in [3.8, 4) is 5.75 Å². The summed E-state index contributed by atoms with van der Waals surface area (Å²) < 4.78 is 0. The lowest BCUT2D eigenvalue weighted by Gasteiger charge is -2.22. The first-order chi connectivity index (χ1) is 9.47. The second kappa shape index (κ2) is 6.27. The molecule has 1 aliphatic rings. The molecule has 110 valence electrons. The van der Waals surface area contributed by atoms with Gasteiger partial charge in [0.15, 0.2) is 0 Å². The van der Waals surface area contributed by atoms with Crippen LogP contribution in [0.25, 0.3) is 0 Å². The smallest absolute Gasteiger partial charge is 0.237 e. The van der Waals surface area contributed by atoms with Gasteiger partial charge in [-0.05, 0) is 48.8 Å². The Kier molecular flexibility index (Phi) is 4.65. The number of amides is 1. The van der Waals surface area contributed by atoms with E-state index >= 15 is 0 Å². The first-order valence-electron chi connectivity index (χ1n) is 7.31. The van der Waals surface area contributed by atoms with Gasteiger partial charge >= 0.3 is 0 Å². The number of aromatic hydroxyl groups is 1. The van der Waals surface area contributed by atoms with E-state index in [1.165, 1.54) is 6.42 Å². The van der Waals surface area contributed by atoms with Crippen molar-refractivity contribution >= 4 is 5.91 Å². The Balaban J connectivity index is 1.87. The van der Waals surface area contributed by atoms with Crippen LogP contribution in [0.15, 0.2) is 24.3 Å². The standard InChI is InChI=1S/C16H24N2O2/c1-10-3-8-15(11(10)2)18-16(20)14(17)9-12-4-6-13(19)7-5-12/h4-7,10-11,14-15,19H,3,8-9,17H2,1-2H3,(H,18,20)/t10?,11?,14-,15?/m1/s1. The average molecular weight is 276 g/mol. The quantitative estimate of drug-likeness (QED) is 0.785. The molecule has 1 fully saturated rings. The van der Waals surface area contributed by atoms with Crippen LogP contribution in [0.3, 0.4) is 0 Å². The summed E-state index contributed by atoms with van der Waals surface area (Å²) in [6, 6.07) is 6.53. The molecule has 4 N–H and O–H groups in total. The van der Waals surface area contributed by atoms with Gasteiger partial charge in [-0.1, -0.05) is 26.0 Å². The van der Waals surface area contributed by atoms with E-state index in [4.69, 9.17) is 5.73 Å². The molecule has 1 aliphatic carbocycles. The predicted molar refractivity (Wildman–Crippen MR) is 79.3 cm³/mol. The molecule has 1 aromatic rings. The molecule has 3 unspecified atom stereocenters. The number of carbonyl (C=O) groups is 1. The van der Waals surface area contributed by atoms with Crippen LogP contribution in [-0.4, -0.2) is 23.1 Å². The van der Waals surface area contributed by atoms with Crippen LogP contribution in [0.4, 0.5) is 0 Å². The van der Waals surface area contributed by atoms with Gasteiger partial charge in [-0.2, -0.15) is 0 Å². The minimum Gasteiger partial charge on any atom is -0.508 e. The highest BCUT2D eigenvalue weighted by Gasteiger charge is 2.31. The Morgan fingerprint density at radius 1 is 1.35 bits per heavy atom. The van der Waals surface area contributed by atoms with Crippen molar-refractivity contribution in [3.63, 3.8) is 0 Å². The number of nitrogens with one attached hydrogen (secondary N) is 1. The SMILES string of the molecule is CC1CCC(NC(=O)[C@H](N)Cc2ccc(O)cc2)C1C. The number of phenols is 1. The third-order valence-corrected chi connectivity index (χ3v) is 4.52. The van der Waals surface area contributed by atoms with Crippen molar-refractivity contribution in [1.82, 2.24) is 5.32 Å². The Morgan fingerprint density at radius 3 is 2.55 bits per heavy atom. The van der Waals surface area contributed by atoms with Crippen molar-refractivity contribution in [3.05, 3.63) is 29.8 Å². The highest BCUT2D eigenvalue weighted by Crippen LogP contribution is 2.31. The molecule has 0 saturated heterocycles. The predicted octanol–water partition coefficient (Wildman–Crippen LogP) is 1.81. The number of phenolic OH excluding ortho intramolecular Hbond substituents is 1. The van der Waals surface area contributed by atoms with Gasteiger partial charge in [-0.15, -0.1) is 0 Å². The summed E-state index contributed by atoms with van der Waals surface area (Å²) in [7, 11) is 0. The summed E-state index contributed by atoms with van der Waals surface area (Å²) in [4.78, 5) is 12.1. The number of carbonyl (C=O) groups excluding carboxylic acids is 1. The second-order valence-electron chi connectivity index (χ2n) is 6.01. The van der Waals surface area contributed by atoms with Gasteiger partial charge in [0.05, 0.1) is 6.04 Å². The zero-order chi connectivity index (χ0) is 14.7. The monoisotopic (exact) mass is 276 g/mol. The second-order valence-corrected chi connectivity index (χ2v) is 6.01. The van der Waals surface area contributed by atoms with Crippen LogP contribution in [0, 0.1) is 11.8 Å². The molecule has 20 heavy (non-hydrogen) atoms. The maximum Gasteiger partial charge on any atom is 0.237 e. The van der Waals surface area contributed by atoms with E-state index in [0.29, 0.717) is 18.3 Å². The van der Waals surface area contributed by atoms with E-state index in [-0.39, 0.29) is 17.7 Å². The molecule has 1 amide bonds. The van der Waals surface area contributed by atoms with Crippen molar-refractivity contribution in [2.45, 2.75) is 45.2 Å². The molecule has 2 rings (SSSR count). The topological polar surface area (TPSA) is 75.4 Å². The van der Waals surface area contributed by atoms with Gasteiger partial charge in [0.2, 0.25) is 5.91 Å². The van der Waals surface area contributed by atoms with Gasteiger partial charge in [0.25, 0.3) is 0 Å². The highest BCUT2D eigenvalue weighted by atomic mass is 16.3. The lowest BCUT2D eigenvalue weighted by Crippen LogP contribution is -2.47. The van der Waals surface area contributed by atoms with Crippen LogP contribution >= 0.6 is 0 Å². The Morgan fingerprint density at radius 2 is 2.00 bits per heavy atom. The van der Waals surface area contributed by atoms with E-state index in [1.54, 1.807) is 24.3 Å². The summed E-state index contributed by atoms with van der Waals surface area (Å²) in [6.45, 7) is 4.42. The molecule has 4 heteroatoms. The maximum atomic E-state index is 12.1. The highest BCUT2D eigenvalue weighted by molar-refractivity contribution is 5.82. The van der Waals surface area contributed by atoms with Crippen LogP contribution in [0.5, 0.6) is 5.75 Å². The van der Waals surface area contributed by atoms with Crippen molar-refractivity contribution in [1.29, 1.82) is 0 Å². The summed E-state index contributed by atoms with van der Waals surface area (Å²) in [6.07, 6.45) is 2.70. The number of hydrogen-bond donors (Lipinski definition) is 3. The fourth-order valence-electron chi connectivity index (χ4n) is 2.84. The van der Waals surface area contributed by atoms with Crippen LogP contribution in [-0.2, 0) is 11.2 Å².